The van der Waals surface area contributed by atoms with Crippen LogP contribution in [0, 0.1) is 0 Å². The molecule has 0 unspecified atom stereocenters. The van der Waals surface area contributed by atoms with Crippen LogP contribution in [0.15, 0.2) is 47.3 Å². The van der Waals surface area contributed by atoms with Crippen LogP contribution >= 0.6 is 23.1 Å². The summed E-state index contributed by atoms with van der Waals surface area (Å²) < 4.78 is 27.6. The van der Waals surface area contributed by atoms with E-state index in [1.165, 1.54) is 0 Å². The topological polar surface area (TPSA) is 113 Å². The summed E-state index contributed by atoms with van der Waals surface area (Å²) in [6.07, 6.45) is 8.72. The predicted molar refractivity (Wildman–Crippen MR) is 201 cm³/mol. The number of methoxy groups -OCH3 is 1. The van der Waals surface area contributed by atoms with Crippen LogP contribution in [0.25, 0.3) is 11.1 Å². The maximum atomic E-state index is 13.3. The second-order valence-corrected chi connectivity index (χ2v) is 17.6. The van der Waals surface area contributed by atoms with E-state index in [-0.39, 0.29) is 0 Å². The molecule has 2 aromatic heterocycles. The van der Waals surface area contributed by atoms with Gasteiger partial charge in [-0.15, -0.1) is 0 Å². The first-order valence-corrected chi connectivity index (χ1v) is 20.3. The standard InChI is InChI=1S/C35H45BrN9O3P/c1-42-11-13-44(14-12-42)25-6-9-45(10-7-25)30-19-32(47-3)28(17-26(30)24-20-38-43(2)22-24)40-35-37-21-27(36)34(41-35)39-29-18-31-23(8-15-48-31)16-33(29)49(4,5)46/h16-22,25H,6-15H2,1-5H3,(H2,37,39,40,41). The van der Waals surface area contributed by atoms with Gasteiger partial charge in [0.2, 0.25) is 5.95 Å². The highest BCUT2D eigenvalue weighted by atomic mass is 79.9. The number of halogens is 1. The van der Waals surface area contributed by atoms with Gasteiger partial charge in [-0.1, -0.05) is 0 Å². The van der Waals surface area contributed by atoms with Crippen molar-refractivity contribution in [3.05, 3.63) is 52.9 Å². The molecule has 49 heavy (non-hydrogen) atoms. The van der Waals surface area contributed by atoms with Crippen molar-refractivity contribution in [1.82, 2.24) is 29.5 Å². The van der Waals surface area contributed by atoms with Crippen LogP contribution in [0.4, 0.5) is 28.8 Å². The number of hydrogen-bond donors (Lipinski definition) is 2. The van der Waals surface area contributed by atoms with Crippen LogP contribution in [0.3, 0.4) is 0 Å². The number of ether oxygens (including phenoxy) is 2. The minimum Gasteiger partial charge on any atom is -0.494 e. The third-order valence-electron chi connectivity index (χ3n) is 9.82. The number of anilines is 5. The normalized spacial score (nSPS) is 17.6. The molecule has 0 saturated carbocycles. The van der Waals surface area contributed by atoms with Gasteiger partial charge < -0.3 is 34.5 Å². The second-order valence-electron chi connectivity index (χ2n) is 13.6. The van der Waals surface area contributed by atoms with Gasteiger partial charge in [-0.2, -0.15) is 10.1 Å². The lowest BCUT2D eigenvalue weighted by Gasteiger charge is -2.43. The molecule has 0 aliphatic carbocycles. The molecule has 2 saturated heterocycles. The summed E-state index contributed by atoms with van der Waals surface area (Å²) in [6.45, 7) is 10.7. The smallest absolute Gasteiger partial charge is 0.229 e. The molecular weight excluding hydrogens is 705 g/mol. The molecule has 5 heterocycles. The number of nitrogens with one attached hydrogen (secondary N) is 2. The fourth-order valence-electron chi connectivity index (χ4n) is 7.07. The van der Waals surface area contributed by atoms with Crippen molar-refractivity contribution in [1.29, 1.82) is 0 Å². The summed E-state index contributed by atoms with van der Waals surface area (Å²) in [5, 5.41) is 12.1. The summed E-state index contributed by atoms with van der Waals surface area (Å²) in [5.41, 5.74) is 5.74. The maximum absolute atomic E-state index is 13.3. The van der Waals surface area contributed by atoms with Gasteiger partial charge in [0, 0.05) is 105 Å². The van der Waals surface area contributed by atoms with Crippen molar-refractivity contribution in [3.8, 4) is 22.6 Å². The van der Waals surface area contributed by atoms with Gasteiger partial charge in [-0.05, 0) is 66.8 Å². The lowest BCUT2D eigenvalue weighted by atomic mass is 9.98. The Hall–Kier alpha value is -3.64. The third kappa shape index (κ3) is 7.31. The summed E-state index contributed by atoms with van der Waals surface area (Å²) >= 11 is 3.61. The molecule has 7 rings (SSSR count). The van der Waals surface area contributed by atoms with Crippen molar-refractivity contribution in [2.45, 2.75) is 25.3 Å². The minimum absolute atomic E-state index is 0.386. The average Bonchev–Trinajstić information content (AvgIpc) is 3.74. The van der Waals surface area contributed by atoms with Gasteiger partial charge in [0.05, 0.1) is 35.8 Å². The largest absolute Gasteiger partial charge is 0.494 e. The van der Waals surface area contributed by atoms with Crippen LogP contribution in [-0.4, -0.2) is 109 Å². The maximum Gasteiger partial charge on any atom is 0.229 e. The number of benzene rings is 2. The summed E-state index contributed by atoms with van der Waals surface area (Å²) in [7, 11) is 3.23. The zero-order chi connectivity index (χ0) is 34.3. The first kappa shape index (κ1) is 33.8. The molecule has 2 aromatic carbocycles. The van der Waals surface area contributed by atoms with E-state index in [1.54, 1.807) is 26.6 Å². The van der Waals surface area contributed by atoms with Gasteiger partial charge in [-0.25, -0.2) is 4.98 Å². The Balaban J connectivity index is 1.17. The van der Waals surface area contributed by atoms with E-state index in [9.17, 15) is 4.57 Å². The number of aryl methyl sites for hydroxylation is 1. The average molecular weight is 751 g/mol. The number of nitrogens with zero attached hydrogens (tertiary/aromatic N) is 7. The van der Waals surface area contributed by atoms with Gasteiger partial charge in [0.1, 0.15) is 24.5 Å². The fourth-order valence-corrected chi connectivity index (χ4v) is 8.53. The van der Waals surface area contributed by atoms with Crippen molar-refractivity contribution in [3.63, 3.8) is 0 Å². The number of aromatic nitrogens is 4. The molecule has 0 radical (unpaired) electrons. The van der Waals surface area contributed by atoms with E-state index >= 15 is 0 Å². The SMILES string of the molecule is COc1cc(N2CCC(N3CCN(C)CC3)CC2)c(-c2cnn(C)c2)cc1Nc1ncc(Br)c(Nc2cc3c(cc2P(C)(C)=O)CCO3)n1. The second kappa shape index (κ2) is 13.9. The highest BCUT2D eigenvalue weighted by molar-refractivity contribution is 9.10. The van der Waals surface area contributed by atoms with Crippen LogP contribution in [0.5, 0.6) is 11.5 Å². The number of likely N-dealkylation sites (N-methyl/N-ethyl adjacent to an activating group) is 1. The molecule has 0 bridgehead atoms. The Morgan fingerprint density at radius 2 is 1.76 bits per heavy atom. The van der Waals surface area contributed by atoms with Crippen molar-refractivity contribution in [2.75, 3.05) is 88.9 Å². The molecule has 0 atom stereocenters. The van der Waals surface area contributed by atoms with Crippen molar-refractivity contribution in [2.24, 2.45) is 7.05 Å². The molecule has 260 valence electrons. The molecule has 14 heteroatoms. The van der Waals surface area contributed by atoms with Crippen molar-refractivity contribution < 1.29 is 14.0 Å². The number of fused-ring (bicyclic) bond motifs is 1. The summed E-state index contributed by atoms with van der Waals surface area (Å²) in [5.74, 6) is 2.42. The Morgan fingerprint density at radius 3 is 2.45 bits per heavy atom. The number of piperazine rings is 1. The van der Waals surface area contributed by atoms with E-state index in [0.29, 0.717) is 40.3 Å². The number of piperidine rings is 1. The minimum atomic E-state index is -2.60. The molecule has 0 amide bonds. The molecule has 4 aromatic rings. The van der Waals surface area contributed by atoms with E-state index in [2.05, 4.69) is 70.5 Å². The zero-order valence-electron chi connectivity index (χ0n) is 28.9. The van der Waals surface area contributed by atoms with E-state index in [4.69, 9.17) is 14.5 Å². The first-order valence-electron chi connectivity index (χ1n) is 16.9. The van der Waals surface area contributed by atoms with Crippen LogP contribution in [-0.2, 0) is 18.0 Å². The first-order chi connectivity index (χ1) is 23.6. The molecule has 12 nitrogen and oxygen atoms in total. The van der Waals surface area contributed by atoms with Crippen LogP contribution < -0.4 is 30.3 Å². The quantitative estimate of drug-likeness (QED) is 0.211. The van der Waals surface area contributed by atoms with E-state index < -0.39 is 7.14 Å². The zero-order valence-corrected chi connectivity index (χ0v) is 31.4. The van der Waals surface area contributed by atoms with E-state index in [1.807, 2.05) is 36.3 Å². The molecule has 2 N–H and O–H groups in total. The fraction of sp³-hybridized carbons (Fsp3) is 0.457. The van der Waals surface area contributed by atoms with Crippen LogP contribution in [0.2, 0.25) is 0 Å². The van der Waals surface area contributed by atoms with Gasteiger partial charge in [0.15, 0.2) is 0 Å². The Kier molecular flexibility index (Phi) is 9.62. The van der Waals surface area contributed by atoms with Gasteiger partial charge in [0.25, 0.3) is 0 Å². The summed E-state index contributed by atoms with van der Waals surface area (Å²) in [4.78, 5) is 17.0. The molecular formula is C35H45BrN9O3P. The highest BCUT2D eigenvalue weighted by Gasteiger charge is 2.29. The molecule has 3 aliphatic heterocycles. The Morgan fingerprint density at radius 1 is 0.980 bits per heavy atom. The number of rotatable bonds is 9. The van der Waals surface area contributed by atoms with E-state index in [0.717, 1.165) is 97.7 Å². The lowest BCUT2D eigenvalue weighted by molar-refractivity contribution is 0.0982. The van der Waals surface area contributed by atoms with Gasteiger partial charge >= 0.3 is 0 Å². The summed E-state index contributed by atoms with van der Waals surface area (Å²) in [6, 6.07) is 8.77. The Bertz CT molecular complexity index is 1880. The highest BCUT2D eigenvalue weighted by Crippen LogP contribution is 2.44. The molecule has 0 spiro atoms. The predicted octanol–water partition coefficient (Wildman–Crippen LogP) is 5.53. The molecule has 3 aliphatic rings. The number of hydrogen-bond acceptors (Lipinski definition) is 11. The van der Waals surface area contributed by atoms with Gasteiger partial charge in [-0.3, -0.25) is 9.58 Å². The van der Waals surface area contributed by atoms with Crippen molar-refractivity contribution >= 4 is 57.2 Å². The lowest BCUT2D eigenvalue weighted by Crippen LogP contribution is -2.52. The molecule has 2 fully saturated rings. The Labute approximate surface area is 296 Å². The van der Waals surface area contributed by atoms with Crippen LogP contribution in [0.1, 0.15) is 18.4 Å². The monoisotopic (exact) mass is 749 g/mol. The third-order valence-corrected chi connectivity index (χ3v) is 11.9.